The van der Waals surface area contributed by atoms with E-state index < -0.39 is 5.97 Å². The number of fused-ring (bicyclic) bond motifs is 1. The quantitative estimate of drug-likeness (QED) is 0.398. The van der Waals surface area contributed by atoms with Crippen LogP contribution in [0.5, 0.6) is 28.7 Å². The lowest BCUT2D eigenvalue weighted by Crippen LogP contribution is -2.14. The van der Waals surface area contributed by atoms with Crippen molar-refractivity contribution in [1.82, 2.24) is 0 Å². The third-order valence-corrected chi connectivity index (χ3v) is 4.16. The number of ether oxygens (including phenoxy) is 6. The molecule has 8 heteroatoms. The molecule has 0 amide bonds. The fourth-order valence-electron chi connectivity index (χ4n) is 2.82. The molecule has 29 heavy (non-hydrogen) atoms. The summed E-state index contributed by atoms with van der Waals surface area (Å²) in [6.45, 7) is -0.179. The summed E-state index contributed by atoms with van der Waals surface area (Å²) in [5.41, 5.74) is 0.940. The maximum absolute atomic E-state index is 12.7. The van der Waals surface area contributed by atoms with E-state index in [4.69, 9.17) is 28.4 Å². The predicted octanol–water partition coefficient (Wildman–Crippen LogP) is 2.88. The molecule has 0 unspecified atom stereocenters. The zero-order chi connectivity index (χ0) is 21.0. The van der Waals surface area contributed by atoms with Crippen LogP contribution in [0.15, 0.2) is 36.1 Å². The number of rotatable bonds is 7. The van der Waals surface area contributed by atoms with Crippen molar-refractivity contribution in [3.05, 3.63) is 47.2 Å². The van der Waals surface area contributed by atoms with Gasteiger partial charge in [0.2, 0.25) is 5.78 Å². The average Bonchev–Trinajstić information content (AvgIpc) is 3.02. The number of benzene rings is 2. The molecule has 2 aromatic carbocycles. The third kappa shape index (κ3) is 4.17. The number of hydrogen-bond donors (Lipinski definition) is 0. The minimum absolute atomic E-state index is 0.103. The number of esters is 1. The molecule has 0 fully saturated rings. The average molecular weight is 400 g/mol. The standard InChI is InChI=1S/C21H20O8/c1-24-11-20(22)28-13-5-6-14-16(9-13)29-19(21(14)23)8-12-7-17(26-3)18(27-4)10-15(12)25-2/h5-10H,11H2,1-4H3/b19-8-. The molecule has 3 rings (SSSR count). The van der Waals surface area contributed by atoms with Gasteiger partial charge in [0.1, 0.15) is 23.9 Å². The molecule has 0 saturated carbocycles. The van der Waals surface area contributed by atoms with Crippen LogP contribution >= 0.6 is 0 Å². The van der Waals surface area contributed by atoms with Gasteiger partial charge in [0.25, 0.3) is 0 Å². The molecular weight excluding hydrogens is 380 g/mol. The maximum Gasteiger partial charge on any atom is 0.337 e. The molecule has 0 radical (unpaired) electrons. The Hall–Kier alpha value is -3.52. The van der Waals surface area contributed by atoms with Crippen LogP contribution in [0.4, 0.5) is 0 Å². The largest absolute Gasteiger partial charge is 0.496 e. The van der Waals surface area contributed by atoms with E-state index >= 15 is 0 Å². The lowest BCUT2D eigenvalue weighted by molar-refractivity contribution is -0.138. The molecule has 152 valence electrons. The van der Waals surface area contributed by atoms with Gasteiger partial charge < -0.3 is 28.4 Å². The molecule has 1 aliphatic heterocycles. The first kappa shape index (κ1) is 20.2. The van der Waals surface area contributed by atoms with Gasteiger partial charge in [0.05, 0.1) is 26.9 Å². The van der Waals surface area contributed by atoms with E-state index in [1.54, 1.807) is 24.3 Å². The van der Waals surface area contributed by atoms with Gasteiger partial charge in [-0.05, 0) is 24.3 Å². The normalized spacial score (nSPS) is 13.7. The highest BCUT2D eigenvalue weighted by atomic mass is 16.6. The monoisotopic (exact) mass is 400 g/mol. The van der Waals surface area contributed by atoms with Crippen LogP contribution in [0.3, 0.4) is 0 Å². The van der Waals surface area contributed by atoms with Gasteiger partial charge in [-0.2, -0.15) is 0 Å². The van der Waals surface area contributed by atoms with Crippen LogP contribution < -0.4 is 23.7 Å². The Morgan fingerprint density at radius 3 is 2.31 bits per heavy atom. The Kier molecular flexibility index (Phi) is 6.04. The van der Waals surface area contributed by atoms with Crippen molar-refractivity contribution >= 4 is 17.8 Å². The Bertz CT molecular complexity index is 977. The summed E-state index contributed by atoms with van der Waals surface area (Å²) in [7, 11) is 5.94. The van der Waals surface area contributed by atoms with E-state index in [0.717, 1.165) is 0 Å². The van der Waals surface area contributed by atoms with Crippen molar-refractivity contribution in [3.8, 4) is 28.7 Å². The Balaban J connectivity index is 1.91. The van der Waals surface area contributed by atoms with Gasteiger partial charge in [0.15, 0.2) is 17.3 Å². The van der Waals surface area contributed by atoms with Crippen molar-refractivity contribution in [2.75, 3.05) is 35.0 Å². The number of carbonyl (C=O) groups is 2. The summed E-state index contributed by atoms with van der Waals surface area (Å²) >= 11 is 0. The van der Waals surface area contributed by atoms with E-state index in [-0.39, 0.29) is 23.9 Å². The molecule has 0 spiro atoms. The van der Waals surface area contributed by atoms with Crippen molar-refractivity contribution in [3.63, 3.8) is 0 Å². The molecule has 8 nitrogen and oxygen atoms in total. The highest BCUT2D eigenvalue weighted by Crippen LogP contribution is 2.39. The molecule has 0 aliphatic carbocycles. The Labute approximate surface area is 167 Å². The lowest BCUT2D eigenvalue weighted by Gasteiger charge is -2.12. The fourth-order valence-corrected chi connectivity index (χ4v) is 2.82. The minimum atomic E-state index is -0.553. The Morgan fingerprint density at radius 1 is 0.966 bits per heavy atom. The van der Waals surface area contributed by atoms with Crippen molar-refractivity contribution in [2.24, 2.45) is 0 Å². The van der Waals surface area contributed by atoms with E-state index in [1.165, 1.54) is 40.6 Å². The van der Waals surface area contributed by atoms with E-state index in [2.05, 4.69) is 0 Å². The van der Waals surface area contributed by atoms with E-state index in [1.807, 2.05) is 0 Å². The zero-order valence-electron chi connectivity index (χ0n) is 16.4. The van der Waals surface area contributed by atoms with Gasteiger partial charge in [-0.25, -0.2) is 4.79 Å². The second kappa shape index (κ2) is 8.66. The highest BCUT2D eigenvalue weighted by Gasteiger charge is 2.28. The van der Waals surface area contributed by atoms with Crippen LogP contribution in [0.1, 0.15) is 15.9 Å². The summed E-state index contributed by atoms with van der Waals surface area (Å²) in [6.07, 6.45) is 1.56. The van der Waals surface area contributed by atoms with E-state index in [0.29, 0.717) is 34.1 Å². The van der Waals surface area contributed by atoms with Crippen molar-refractivity contribution < 1.29 is 38.0 Å². The fraction of sp³-hybridized carbons (Fsp3) is 0.238. The second-order valence-corrected chi connectivity index (χ2v) is 5.95. The van der Waals surface area contributed by atoms with Gasteiger partial charge in [-0.15, -0.1) is 0 Å². The number of Topliss-reactive ketones (excluding diaryl/α,β-unsaturated/α-hetero) is 1. The smallest absolute Gasteiger partial charge is 0.337 e. The molecule has 1 heterocycles. The molecule has 0 atom stereocenters. The predicted molar refractivity (Wildman–Crippen MR) is 103 cm³/mol. The second-order valence-electron chi connectivity index (χ2n) is 5.95. The molecule has 0 aromatic heterocycles. The first-order chi connectivity index (χ1) is 14.0. The minimum Gasteiger partial charge on any atom is -0.496 e. The molecule has 2 aromatic rings. The SMILES string of the molecule is COCC(=O)Oc1ccc2c(c1)O/C(=C\c1cc(OC)c(OC)cc1OC)C2=O. The first-order valence-electron chi connectivity index (χ1n) is 8.58. The van der Waals surface area contributed by atoms with Gasteiger partial charge in [0, 0.05) is 24.8 Å². The molecule has 1 aliphatic rings. The number of methoxy groups -OCH3 is 4. The van der Waals surface area contributed by atoms with Crippen molar-refractivity contribution in [1.29, 1.82) is 0 Å². The summed E-state index contributed by atoms with van der Waals surface area (Å²) in [4.78, 5) is 24.3. The van der Waals surface area contributed by atoms with E-state index in [9.17, 15) is 9.59 Å². The van der Waals surface area contributed by atoms with Crippen LogP contribution in [0.2, 0.25) is 0 Å². The summed E-state index contributed by atoms with van der Waals surface area (Å²) < 4.78 is 31.5. The van der Waals surface area contributed by atoms with Crippen LogP contribution in [-0.2, 0) is 9.53 Å². The number of carbonyl (C=O) groups excluding carboxylic acids is 2. The van der Waals surface area contributed by atoms with Crippen LogP contribution in [0.25, 0.3) is 6.08 Å². The highest BCUT2D eigenvalue weighted by molar-refractivity contribution is 6.14. The summed E-state index contributed by atoms with van der Waals surface area (Å²) in [5.74, 6) is 1.26. The summed E-state index contributed by atoms with van der Waals surface area (Å²) in [6, 6.07) is 7.88. The van der Waals surface area contributed by atoms with Gasteiger partial charge >= 0.3 is 5.97 Å². The molecule has 0 N–H and O–H groups in total. The van der Waals surface area contributed by atoms with Crippen LogP contribution in [0, 0.1) is 0 Å². The van der Waals surface area contributed by atoms with Gasteiger partial charge in [-0.3, -0.25) is 4.79 Å². The number of allylic oxidation sites excluding steroid dienone is 1. The van der Waals surface area contributed by atoms with Crippen LogP contribution in [-0.4, -0.2) is 46.8 Å². The van der Waals surface area contributed by atoms with Crippen molar-refractivity contribution in [2.45, 2.75) is 0 Å². The molecular formula is C21H20O8. The number of hydrogen-bond acceptors (Lipinski definition) is 8. The number of ketones is 1. The topological polar surface area (TPSA) is 89.5 Å². The molecule has 0 saturated heterocycles. The first-order valence-corrected chi connectivity index (χ1v) is 8.58. The summed E-state index contributed by atoms with van der Waals surface area (Å²) in [5, 5.41) is 0. The van der Waals surface area contributed by atoms with Gasteiger partial charge in [-0.1, -0.05) is 0 Å². The lowest BCUT2D eigenvalue weighted by atomic mass is 10.1. The Morgan fingerprint density at radius 2 is 1.66 bits per heavy atom. The third-order valence-electron chi connectivity index (χ3n) is 4.16. The maximum atomic E-state index is 12.7. The molecule has 0 bridgehead atoms. The zero-order valence-corrected chi connectivity index (χ0v) is 16.4.